The summed E-state index contributed by atoms with van der Waals surface area (Å²) in [5.41, 5.74) is 10.8. The Bertz CT molecular complexity index is 1210. The van der Waals surface area contributed by atoms with Crippen molar-refractivity contribution >= 4 is 27.3 Å². The molecule has 1 spiro atoms. The van der Waals surface area contributed by atoms with Crippen molar-refractivity contribution in [3.63, 3.8) is 0 Å². The lowest BCUT2D eigenvalue weighted by Gasteiger charge is -2.43. The van der Waals surface area contributed by atoms with E-state index < -0.39 is 37.7 Å². The monoisotopic (exact) mass is 475 g/mol. The number of amidine groups is 1. The highest BCUT2D eigenvalue weighted by Gasteiger charge is 2.55. The van der Waals surface area contributed by atoms with Gasteiger partial charge in [0.15, 0.2) is 15.5 Å². The Morgan fingerprint density at radius 1 is 1.18 bits per heavy atom. The first-order chi connectivity index (χ1) is 15.6. The summed E-state index contributed by atoms with van der Waals surface area (Å²) in [5.74, 6) is -1.45. The van der Waals surface area contributed by atoms with Gasteiger partial charge in [-0.3, -0.25) is 4.79 Å². The highest BCUT2D eigenvalue weighted by Crippen LogP contribution is 2.43. The summed E-state index contributed by atoms with van der Waals surface area (Å²) in [6.07, 6.45) is 4.54. The lowest BCUT2D eigenvalue weighted by molar-refractivity contribution is 0.102. The van der Waals surface area contributed by atoms with Gasteiger partial charge in [-0.2, -0.15) is 0 Å². The molecule has 9 nitrogen and oxygen atoms in total. The highest BCUT2D eigenvalue weighted by atomic mass is 32.2. The smallest absolute Gasteiger partial charge is 0.274 e. The molecule has 1 amide bonds. The van der Waals surface area contributed by atoms with Gasteiger partial charge in [0, 0.05) is 11.3 Å². The molecule has 1 aromatic heterocycles. The maximum atomic E-state index is 14.8. The van der Waals surface area contributed by atoms with E-state index in [1.54, 1.807) is 6.07 Å². The molecule has 1 saturated carbocycles. The van der Waals surface area contributed by atoms with Crippen molar-refractivity contribution in [2.24, 2.45) is 16.5 Å². The normalized spacial score (nSPS) is 23.5. The number of sulfone groups is 1. The number of hydrogen-bond donors (Lipinski definition) is 3. The van der Waals surface area contributed by atoms with E-state index in [0.717, 1.165) is 25.3 Å². The average molecular weight is 476 g/mol. The first kappa shape index (κ1) is 23.1. The van der Waals surface area contributed by atoms with Crippen LogP contribution in [0.1, 0.15) is 48.2 Å². The van der Waals surface area contributed by atoms with E-state index in [1.165, 1.54) is 31.5 Å². The molecule has 1 aliphatic heterocycles. The largest absolute Gasteiger partial charge is 0.495 e. The number of methoxy groups -OCH3 is 1. The Morgan fingerprint density at radius 3 is 2.52 bits per heavy atom. The lowest BCUT2D eigenvalue weighted by atomic mass is 9.86. The molecule has 1 aliphatic carbocycles. The number of amides is 1. The molecule has 1 atom stereocenters. The second-order valence-electron chi connectivity index (χ2n) is 8.47. The average Bonchev–Trinajstić information content (AvgIpc) is 2.79. The summed E-state index contributed by atoms with van der Waals surface area (Å²) in [5, 5.41) is 2.61. The molecule has 0 saturated heterocycles. The van der Waals surface area contributed by atoms with Crippen LogP contribution in [0.5, 0.6) is 5.75 Å². The molecule has 1 aromatic carbocycles. The number of anilines is 1. The Balaban J connectivity index is 1.66. The zero-order valence-corrected chi connectivity index (χ0v) is 19.0. The van der Waals surface area contributed by atoms with Gasteiger partial charge in [0.1, 0.15) is 27.8 Å². The number of nitrogens with one attached hydrogen (secondary N) is 1. The number of halogens is 1. The van der Waals surface area contributed by atoms with Gasteiger partial charge < -0.3 is 21.5 Å². The van der Waals surface area contributed by atoms with Crippen LogP contribution < -0.4 is 21.5 Å². The van der Waals surface area contributed by atoms with Crippen molar-refractivity contribution in [2.75, 3.05) is 18.2 Å². The van der Waals surface area contributed by atoms with Gasteiger partial charge in [-0.25, -0.2) is 22.8 Å². The van der Waals surface area contributed by atoms with E-state index in [-0.39, 0.29) is 22.8 Å². The number of carbonyl (C=O) groups is 1. The minimum atomic E-state index is -3.81. The number of carbonyl (C=O) groups excluding carboxylic acids is 1. The van der Waals surface area contributed by atoms with Crippen LogP contribution in [-0.2, 0) is 15.5 Å². The van der Waals surface area contributed by atoms with Crippen LogP contribution in [0.15, 0.2) is 41.5 Å². The van der Waals surface area contributed by atoms with E-state index in [1.807, 2.05) is 0 Å². The van der Waals surface area contributed by atoms with Gasteiger partial charge in [0.05, 0.1) is 19.1 Å². The van der Waals surface area contributed by atoms with Crippen LogP contribution in [-0.4, -0.2) is 42.8 Å². The number of benzene rings is 1. The van der Waals surface area contributed by atoms with Gasteiger partial charge in [-0.05, 0) is 43.2 Å². The van der Waals surface area contributed by atoms with Gasteiger partial charge in [0.2, 0.25) is 0 Å². The number of nitrogens with two attached hydrogens (primary N) is 2. The van der Waals surface area contributed by atoms with E-state index in [2.05, 4.69) is 15.3 Å². The molecule has 0 bridgehead atoms. The van der Waals surface area contributed by atoms with Crippen molar-refractivity contribution in [3.05, 3.63) is 53.6 Å². The Kier molecular flexibility index (Phi) is 5.87. The third-order valence-corrected chi connectivity index (χ3v) is 8.98. The quantitative estimate of drug-likeness (QED) is 0.613. The summed E-state index contributed by atoms with van der Waals surface area (Å²) in [4.78, 5) is 20.9. The molecular formula is C22H26FN5O4S. The van der Waals surface area contributed by atoms with Crippen LogP contribution in [0.3, 0.4) is 0 Å². The maximum Gasteiger partial charge on any atom is 0.274 e. The van der Waals surface area contributed by atoms with Crippen LogP contribution >= 0.6 is 0 Å². The van der Waals surface area contributed by atoms with E-state index >= 15 is 0 Å². The number of ether oxygens (including phenoxy) is 1. The molecule has 1 fully saturated rings. The molecule has 176 valence electrons. The second kappa shape index (κ2) is 8.38. The van der Waals surface area contributed by atoms with Gasteiger partial charge >= 0.3 is 0 Å². The van der Waals surface area contributed by atoms with Crippen molar-refractivity contribution in [3.8, 4) is 5.75 Å². The Labute approximate surface area is 191 Å². The van der Waals surface area contributed by atoms with Crippen LogP contribution in [0.2, 0.25) is 0 Å². The van der Waals surface area contributed by atoms with Crippen molar-refractivity contribution in [1.82, 2.24) is 4.98 Å². The summed E-state index contributed by atoms with van der Waals surface area (Å²) < 4.78 is 45.2. The molecule has 4 rings (SSSR count). The third kappa shape index (κ3) is 4.06. The number of pyridine rings is 1. The van der Waals surface area contributed by atoms with E-state index in [9.17, 15) is 17.6 Å². The predicted molar refractivity (Wildman–Crippen MR) is 122 cm³/mol. The van der Waals surface area contributed by atoms with Crippen molar-refractivity contribution in [1.29, 1.82) is 0 Å². The maximum absolute atomic E-state index is 14.8. The summed E-state index contributed by atoms with van der Waals surface area (Å²) in [7, 11) is -2.33. The topological polar surface area (TPSA) is 150 Å². The van der Waals surface area contributed by atoms with Gasteiger partial charge in [0.25, 0.3) is 5.91 Å². The Hall–Kier alpha value is -3.05. The molecule has 2 aliphatic rings. The number of nitrogens with zero attached hydrogens (tertiary/aromatic N) is 2. The number of rotatable bonds is 4. The summed E-state index contributed by atoms with van der Waals surface area (Å²) in [6.45, 7) is 0. The van der Waals surface area contributed by atoms with E-state index in [4.69, 9.17) is 16.2 Å². The van der Waals surface area contributed by atoms with Gasteiger partial charge in [-0.15, -0.1) is 0 Å². The zero-order chi connectivity index (χ0) is 23.9. The van der Waals surface area contributed by atoms with E-state index in [0.29, 0.717) is 18.6 Å². The fourth-order valence-electron chi connectivity index (χ4n) is 4.53. The standard InChI is InChI=1S/C22H26FN5O4S/c1-32-15-6-8-18(26-12-15)19(29)27-14-5-7-17(23)16(11-14)22(25)13-33(30,31)21(20(24)28-22)9-3-2-4-10-21/h5-8,11-12H,2-4,9-10,13,25H2,1H3,(H2,24,28)(H,27,29)/t22-/m0/s1. The fourth-order valence-corrected chi connectivity index (χ4v) is 6.88. The SMILES string of the molecule is COc1ccc(C(=O)Nc2ccc(F)c([C@]3(N)CS(=O)(=O)C4(CCCCC4)C(N)=N3)c2)nc1. The summed E-state index contributed by atoms with van der Waals surface area (Å²) in [6, 6.07) is 6.78. The molecule has 2 aromatic rings. The molecule has 11 heteroatoms. The minimum Gasteiger partial charge on any atom is -0.495 e. The van der Waals surface area contributed by atoms with Crippen molar-refractivity contribution in [2.45, 2.75) is 42.5 Å². The lowest BCUT2D eigenvalue weighted by Crippen LogP contribution is -2.61. The fraction of sp³-hybridized carbons (Fsp3) is 0.409. The van der Waals surface area contributed by atoms with Crippen LogP contribution in [0, 0.1) is 5.82 Å². The Morgan fingerprint density at radius 2 is 1.91 bits per heavy atom. The molecule has 0 radical (unpaired) electrons. The third-order valence-electron chi connectivity index (χ3n) is 6.35. The number of hydrogen-bond acceptors (Lipinski definition) is 8. The second-order valence-corrected chi connectivity index (χ2v) is 10.8. The predicted octanol–water partition coefficient (Wildman–Crippen LogP) is 2.08. The first-order valence-corrected chi connectivity index (χ1v) is 12.2. The molecule has 33 heavy (non-hydrogen) atoms. The zero-order valence-electron chi connectivity index (χ0n) is 18.2. The number of aliphatic imine (C=N–C) groups is 1. The number of aromatic nitrogens is 1. The van der Waals surface area contributed by atoms with Gasteiger partial charge in [-0.1, -0.05) is 19.3 Å². The minimum absolute atomic E-state index is 0.0766. The van der Waals surface area contributed by atoms with Crippen LogP contribution in [0.4, 0.5) is 10.1 Å². The molecule has 0 unspecified atom stereocenters. The molecule has 2 heterocycles. The van der Waals surface area contributed by atoms with Crippen molar-refractivity contribution < 1.29 is 22.3 Å². The van der Waals surface area contributed by atoms with Crippen LogP contribution in [0.25, 0.3) is 0 Å². The molecule has 5 N–H and O–H groups in total. The highest BCUT2D eigenvalue weighted by molar-refractivity contribution is 7.93. The molecular weight excluding hydrogens is 449 g/mol. The summed E-state index contributed by atoms with van der Waals surface area (Å²) >= 11 is 0. The first-order valence-electron chi connectivity index (χ1n) is 10.6.